The molecule has 0 saturated carbocycles. The van der Waals surface area contributed by atoms with E-state index in [1.165, 1.54) is 116 Å². The van der Waals surface area contributed by atoms with Gasteiger partial charge in [0.2, 0.25) is 0 Å². The third-order valence-corrected chi connectivity index (χ3v) is 6.18. The predicted octanol–water partition coefficient (Wildman–Crippen LogP) is 8.45. The monoisotopic (exact) mass is 417 g/mol. The van der Waals surface area contributed by atoms with Crippen molar-refractivity contribution in [3.63, 3.8) is 0 Å². The highest BCUT2D eigenvalue weighted by atomic mass is 31.2. The molecule has 0 fully saturated rings. The van der Waals surface area contributed by atoms with E-state index in [1.807, 2.05) is 0 Å². The molecule has 0 unspecified atom stereocenters. The fourth-order valence-electron chi connectivity index (χ4n) is 3.49. The molecule has 28 heavy (non-hydrogen) atoms. The molecule has 0 aromatic heterocycles. The maximum Gasteiger partial charge on any atom is 0.0828 e. The minimum absolute atomic E-state index is 0.573. The summed E-state index contributed by atoms with van der Waals surface area (Å²) in [5.74, 6) is 0. The van der Waals surface area contributed by atoms with Gasteiger partial charge >= 0.3 is 0 Å². The van der Waals surface area contributed by atoms with Crippen molar-refractivity contribution in [3.05, 3.63) is 0 Å². The van der Waals surface area contributed by atoms with Crippen LogP contribution >= 0.6 is 8.60 Å². The average molecular weight is 418 g/mol. The Hall–Kier alpha value is 0.310. The van der Waals surface area contributed by atoms with Gasteiger partial charge in [0.1, 0.15) is 0 Å². The zero-order chi connectivity index (χ0) is 20.5. The van der Waals surface area contributed by atoms with Gasteiger partial charge in [-0.2, -0.15) is 0 Å². The van der Waals surface area contributed by atoms with Gasteiger partial charge in [0.15, 0.2) is 0 Å². The van der Waals surface area contributed by atoms with Crippen LogP contribution in [-0.4, -0.2) is 13.2 Å². The number of unbranched alkanes of at least 4 members (excludes halogenated alkanes) is 18. The Balaban J connectivity index is 3.12. The lowest BCUT2D eigenvalue weighted by atomic mass is 10.1. The fourth-order valence-corrected chi connectivity index (χ4v) is 4.13. The zero-order valence-corrected chi connectivity index (χ0v) is 20.1. The number of hydrogen-bond donors (Lipinski definition) is 0. The number of hydrogen-bond acceptors (Lipinski definition) is 3. The number of rotatable bonds is 24. The van der Waals surface area contributed by atoms with Crippen molar-refractivity contribution < 1.29 is 13.9 Å². The van der Waals surface area contributed by atoms with Crippen molar-refractivity contribution in [2.24, 2.45) is 0 Å². The summed E-state index contributed by atoms with van der Waals surface area (Å²) in [6.45, 7) is 5.67. The maximum absolute atomic E-state index is 11.7. The summed E-state index contributed by atoms with van der Waals surface area (Å²) in [5.41, 5.74) is 0. The molecule has 0 aromatic rings. The first-order chi connectivity index (χ1) is 13.8. The lowest BCUT2D eigenvalue weighted by molar-refractivity contribution is -0.204. The Morgan fingerprint density at radius 3 is 0.964 bits per heavy atom. The van der Waals surface area contributed by atoms with Crippen molar-refractivity contribution in [1.29, 1.82) is 0 Å². The molecule has 4 heteroatoms. The molecule has 3 nitrogen and oxygen atoms in total. The van der Waals surface area contributed by atoms with Gasteiger partial charge in [0.05, 0.1) is 21.8 Å². The highest BCUT2D eigenvalue weighted by Crippen LogP contribution is 2.28. The van der Waals surface area contributed by atoms with Gasteiger partial charge in [-0.1, -0.05) is 129 Å². The Morgan fingerprint density at radius 2 is 0.679 bits per heavy atom. The zero-order valence-electron chi connectivity index (χ0n) is 19.2. The summed E-state index contributed by atoms with van der Waals surface area (Å²) in [6, 6.07) is 0. The summed E-state index contributed by atoms with van der Waals surface area (Å²) in [7, 11) is -1.90. The Morgan fingerprint density at radius 1 is 0.429 bits per heavy atom. The summed E-state index contributed by atoms with van der Waals surface area (Å²) in [5, 5.41) is 0. The van der Waals surface area contributed by atoms with Gasteiger partial charge in [0.25, 0.3) is 0 Å². The second-order valence-corrected chi connectivity index (χ2v) is 9.22. The second kappa shape index (κ2) is 25.3. The highest BCUT2D eigenvalue weighted by Gasteiger charge is 1.98. The minimum atomic E-state index is -1.90. The van der Waals surface area contributed by atoms with Crippen LogP contribution in [0.3, 0.4) is 0 Å². The predicted molar refractivity (Wildman–Crippen MR) is 123 cm³/mol. The molecule has 0 radical (unpaired) electrons. The average Bonchev–Trinajstić information content (AvgIpc) is 2.70. The molecule has 170 valence electrons. The molecule has 0 saturated heterocycles. The van der Waals surface area contributed by atoms with E-state index in [9.17, 15) is 4.89 Å². The van der Waals surface area contributed by atoms with Crippen LogP contribution in [0, 0.1) is 0 Å². The van der Waals surface area contributed by atoms with E-state index in [4.69, 9.17) is 9.05 Å². The molecule has 0 bridgehead atoms. The molecule has 0 rings (SSSR count). The van der Waals surface area contributed by atoms with Crippen LogP contribution in [0.25, 0.3) is 0 Å². The molecule has 0 N–H and O–H groups in total. The third kappa shape index (κ3) is 24.3. The molecular formula is C24H50O3P-. The smallest absolute Gasteiger partial charge is 0.0828 e. The minimum Gasteiger partial charge on any atom is -0.786 e. The van der Waals surface area contributed by atoms with Crippen LogP contribution in [0.1, 0.15) is 142 Å². The summed E-state index contributed by atoms with van der Waals surface area (Å²) >= 11 is 0. The van der Waals surface area contributed by atoms with Gasteiger partial charge in [0, 0.05) is 0 Å². The van der Waals surface area contributed by atoms with Gasteiger partial charge < -0.3 is 13.9 Å². The standard InChI is InChI=1S/C24H50O3P/c1-3-5-7-9-11-13-15-17-19-21-23-26-28(25)27-24-22-20-18-16-14-12-10-8-6-4-2/h3-24H2,1-2H3/q-1. The maximum atomic E-state index is 11.7. The molecular weight excluding hydrogens is 367 g/mol. The molecule has 0 aromatic carbocycles. The lowest BCUT2D eigenvalue weighted by Crippen LogP contribution is -2.05. The van der Waals surface area contributed by atoms with E-state index < -0.39 is 8.60 Å². The van der Waals surface area contributed by atoms with Crippen LogP contribution in [-0.2, 0) is 9.05 Å². The molecule has 0 atom stereocenters. The van der Waals surface area contributed by atoms with E-state index in [0.29, 0.717) is 13.2 Å². The molecule has 0 aliphatic heterocycles. The summed E-state index contributed by atoms with van der Waals surface area (Å²) in [4.78, 5) is 11.7. The van der Waals surface area contributed by atoms with Crippen LogP contribution in [0.4, 0.5) is 0 Å². The van der Waals surface area contributed by atoms with Crippen molar-refractivity contribution in [2.45, 2.75) is 142 Å². The first-order valence-corrected chi connectivity index (χ1v) is 13.6. The highest BCUT2D eigenvalue weighted by molar-refractivity contribution is 7.39. The lowest BCUT2D eigenvalue weighted by Gasteiger charge is -2.22. The molecule has 0 spiro atoms. The van der Waals surface area contributed by atoms with Crippen molar-refractivity contribution in [1.82, 2.24) is 0 Å². The third-order valence-electron chi connectivity index (χ3n) is 5.39. The van der Waals surface area contributed by atoms with Crippen LogP contribution < -0.4 is 4.89 Å². The Kier molecular flexibility index (Phi) is 25.6. The summed E-state index contributed by atoms with van der Waals surface area (Å²) < 4.78 is 10.6. The molecule has 0 amide bonds. The van der Waals surface area contributed by atoms with E-state index >= 15 is 0 Å². The van der Waals surface area contributed by atoms with Gasteiger partial charge in [-0.15, -0.1) is 0 Å². The second-order valence-electron chi connectivity index (χ2n) is 8.25. The van der Waals surface area contributed by atoms with Crippen LogP contribution in [0.15, 0.2) is 0 Å². The summed E-state index contributed by atoms with van der Waals surface area (Å²) in [6.07, 6.45) is 26.1. The van der Waals surface area contributed by atoms with E-state index in [1.54, 1.807) is 0 Å². The topological polar surface area (TPSA) is 41.5 Å². The van der Waals surface area contributed by atoms with E-state index in [-0.39, 0.29) is 0 Å². The quantitative estimate of drug-likeness (QED) is 0.117. The van der Waals surface area contributed by atoms with Gasteiger partial charge in [-0.25, -0.2) is 0 Å². The normalized spacial score (nSPS) is 11.6. The Labute approximate surface area is 178 Å². The van der Waals surface area contributed by atoms with Crippen LogP contribution in [0.5, 0.6) is 0 Å². The first kappa shape index (κ1) is 28.3. The Bertz CT molecular complexity index is 251. The molecule has 0 aliphatic rings. The fraction of sp³-hybridized carbons (Fsp3) is 1.00. The van der Waals surface area contributed by atoms with Crippen molar-refractivity contribution >= 4 is 8.60 Å². The first-order valence-electron chi connectivity index (χ1n) is 12.5. The molecule has 0 aliphatic carbocycles. The van der Waals surface area contributed by atoms with Crippen molar-refractivity contribution in [2.75, 3.05) is 13.2 Å². The van der Waals surface area contributed by atoms with Gasteiger partial charge in [-0.05, 0) is 12.8 Å². The SMILES string of the molecule is CCCCCCCCCCCCOP([O-])OCCCCCCCCCCCC. The van der Waals surface area contributed by atoms with E-state index in [0.717, 1.165) is 12.8 Å². The van der Waals surface area contributed by atoms with Gasteiger partial charge in [-0.3, -0.25) is 0 Å². The largest absolute Gasteiger partial charge is 0.786 e. The van der Waals surface area contributed by atoms with Crippen molar-refractivity contribution in [3.8, 4) is 0 Å². The van der Waals surface area contributed by atoms with Crippen LogP contribution in [0.2, 0.25) is 0 Å². The molecule has 0 heterocycles. The van der Waals surface area contributed by atoms with E-state index in [2.05, 4.69) is 13.8 Å².